The number of aromatic nitrogens is 3. The van der Waals surface area contributed by atoms with Gasteiger partial charge in [-0.15, -0.1) is 10.2 Å². The van der Waals surface area contributed by atoms with Gasteiger partial charge in [-0.1, -0.05) is 84.1 Å². The molecular formula is C28H30N4O2S. The molecule has 1 amide bonds. The Bertz CT molecular complexity index is 1260. The lowest BCUT2D eigenvalue weighted by Gasteiger charge is -2.17. The van der Waals surface area contributed by atoms with Crippen LogP contribution in [0.1, 0.15) is 16.7 Å². The fraction of sp³-hybridized carbons (Fsp3) is 0.250. The van der Waals surface area contributed by atoms with E-state index >= 15 is 0 Å². The first-order chi connectivity index (χ1) is 17.0. The maximum absolute atomic E-state index is 12.9. The van der Waals surface area contributed by atoms with Crippen molar-refractivity contribution in [2.24, 2.45) is 0 Å². The van der Waals surface area contributed by atoms with Gasteiger partial charge in [-0.2, -0.15) is 0 Å². The lowest BCUT2D eigenvalue weighted by molar-refractivity contribution is -0.127. The van der Waals surface area contributed by atoms with E-state index < -0.39 is 0 Å². The van der Waals surface area contributed by atoms with Gasteiger partial charge in [0.25, 0.3) is 0 Å². The SMILES string of the molecule is COc1ccccc1-c1nnc(SCC(=O)N(C)Cc2ccc(C)cc2)n1CCc1ccccc1. The summed E-state index contributed by atoms with van der Waals surface area (Å²) in [6, 6.07) is 26.4. The van der Waals surface area contributed by atoms with Gasteiger partial charge in [0.2, 0.25) is 5.91 Å². The maximum atomic E-state index is 12.9. The molecule has 3 aromatic carbocycles. The Balaban J connectivity index is 1.51. The number of benzene rings is 3. The van der Waals surface area contributed by atoms with Gasteiger partial charge < -0.3 is 14.2 Å². The highest BCUT2D eigenvalue weighted by Gasteiger charge is 2.19. The van der Waals surface area contributed by atoms with Crippen LogP contribution in [0.4, 0.5) is 0 Å². The number of hydrogen-bond acceptors (Lipinski definition) is 5. The van der Waals surface area contributed by atoms with Crippen molar-refractivity contribution in [3.05, 3.63) is 95.6 Å². The van der Waals surface area contributed by atoms with E-state index in [4.69, 9.17) is 4.74 Å². The van der Waals surface area contributed by atoms with Crippen LogP contribution in [0, 0.1) is 6.92 Å². The number of amides is 1. The molecule has 0 aliphatic carbocycles. The molecule has 0 bridgehead atoms. The summed E-state index contributed by atoms with van der Waals surface area (Å²) in [5, 5.41) is 9.67. The predicted octanol–water partition coefficient (Wildman–Crippen LogP) is 5.26. The Hall–Kier alpha value is -3.58. The average Bonchev–Trinajstić information content (AvgIpc) is 3.30. The molecule has 0 saturated heterocycles. The third-order valence-corrected chi connectivity index (χ3v) is 6.77. The topological polar surface area (TPSA) is 60.3 Å². The molecule has 0 aliphatic heterocycles. The van der Waals surface area contributed by atoms with E-state index in [1.54, 1.807) is 12.0 Å². The number of thioether (sulfide) groups is 1. The highest BCUT2D eigenvalue weighted by atomic mass is 32.2. The molecule has 0 unspecified atom stereocenters. The van der Waals surface area contributed by atoms with Crippen LogP contribution >= 0.6 is 11.8 Å². The van der Waals surface area contributed by atoms with E-state index in [1.165, 1.54) is 22.9 Å². The predicted molar refractivity (Wildman–Crippen MR) is 141 cm³/mol. The van der Waals surface area contributed by atoms with Crippen molar-refractivity contribution < 1.29 is 9.53 Å². The van der Waals surface area contributed by atoms with Crippen LogP contribution in [-0.2, 0) is 24.3 Å². The molecule has 35 heavy (non-hydrogen) atoms. The van der Waals surface area contributed by atoms with Crippen LogP contribution in [0.25, 0.3) is 11.4 Å². The number of nitrogens with zero attached hydrogens (tertiary/aromatic N) is 4. The minimum atomic E-state index is 0.0482. The molecule has 4 rings (SSSR count). The molecule has 6 nitrogen and oxygen atoms in total. The largest absolute Gasteiger partial charge is 0.496 e. The standard InChI is InChI=1S/C28H30N4O2S/c1-21-13-15-23(16-14-21)19-31(2)26(33)20-35-28-30-29-27(24-11-7-8-12-25(24)34-3)32(28)18-17-22-9-5-4-6-10-22/h4-16H,17-20H2,1-3H3. The van der Waals surface area contributed by atoms with Crippen LogP contribution in [0.2, 0.25) is 0 Å². The minimum absolute atomic E-state index is 0.0482. The first-order valence-electron chi connectivity index (χ1n) is 11.6. The molecule has 0 spiro atoms. The molecule has 1 heterocycles. The van der Waals surface area contributed by atoms with E-state index in [-0.39, 0.29) is 11.7 Å². The molecule has 180 valence electrons. The Labute approximate surface area is 211 Å². The summed E-state index contributed by atoms with van der Waals surface area (Å²) < 4.78 is 7.66. The lowest BCUT2D eigenvalue weighted by Crippen LogP contribution is -2.27. The second kappa shape index (κ2) is 11.7. The molecule has 4 aromatic rings. The van der Waals surface area contributed by atoms with E-state index in [0.29, 0.717) is 13.1 Å². The monoisotopic (exact) mass is 486 g/mol. The number of ether oxygens (including phenoxy) is 1. The third-order valence-electron chi connectivity index (χ3n) is 5.82. The zero-order valence-corrected chi connectivity index (χ0v) is 21.2. The molecule has 7 heteroatoms. The smallest absolute Gasteiger partial charge is 0.233 e. The van der Waals surface area contributed by atoms with Crippen molar-refractivity contribution in [3.63, 3.8) is 0 Å². The molecule has 0 fully saturated rings. The summed E-state index contributed by atoms with van der Waals surface area (Å²) in [7, 11) is 3.49. The fourth-order valence-electron chi connectivity index (χ4n) is 3.80. The zero-order valence-electron chi connectivity index (χ0n) is 20.3. The van der Waals surface area contributed by atoms with Gasteiger partial charge >= 0.3 is 0 Å². The summed E-state index contributed by atoms with van der Waals surface area (Å²) in [4.78, 5) is 14.6. The van der Waals surface area contributed by atoms with E-state index in [2.05, 4.69) is 58.1 Å². The molecule has 0 atom stereocenters. The summed E-state index contributed by atoms with van der Waals surface area (Å²) in [6.45, 7) is 3.33. The molecule has 0 aliphatic rings. The van der Waals surface area contributed by atoms with Crippen LogP contribution in [0.3, 0.4) is 0 Å². The first-order valence-corrected chi connectivity index (χ1v) is 12.6. The Morgan fingerprint density at radius 1 is 0.943 bits per heavy atom. The van der Waals surface area contributed by atoms with Crippen molar-refractivity contribution in [1.82, 2.24) is 19.7 Å². The number of hydrogen-bond donors (Lipinski definition) is 0. The Kier molecular flexibility index (Phi) is 8.21. The van der Waals surface area contributed by atoms with Crippen molar-refractivity contribution >= 4 is 17.7 Å². The highest BCUT2D eigenvalue weighted by molar-refractivity contribution is 7.99. The second-order valence-corrected chi connectivity index (χ2v) is 9.36. The average molecular weight is 487 g/mol. The first kappa shape index (κ1) is 24.5. The molecule has 1 aromatic heterocycles. The normalized spacial score (nSPS) is 10.8. The number of para-hydroxylation sites is 1. The van der Waals surface area contributed by atoms with Crippen molar-refractivity contribution in [2.45, 2.75) is 31.6 Å². The van der Waals surface area contributed by atoms with Gasteiger partial charge in [0.05, 0.1) is 18.4 Å². The molecule has 0 saturated carbocycles. The number of rotatable bonds is 10. The summed E-state index contributed by atoms with van der Waals surface area (Å²) in [5.41, 5.74) is 4.43. The number of aryl methyl sites for hydroxylation is 2. The van der Waals surface area contributed by atoms with Gasteiger partial charge in [-0.05, 0) is 36.6 Å². The third kappa shape index (κ3) is 6.31. The zero-order chi connectivity index (χ0) is 24.6. The Morgan fingerprint density at radius 3 is 2.40 bits per heavy atom. The van der Waals surface area contributed by atoms with Gasteiger partial charge in [0, 0.05) is 20.1 Å². The van der Waals surface area contributed by atoms with Crippen molar-refractivity contribution in [1.29, 1.82) is 0 Å². The summed E-state index contributed by atoms with van der Waals surface area (Å²) in [6.07, 6.45) is 0.829. The Morgan fingerprint density at radius 2 is 1.66 bits per heavy atom. The highest BCUT2D eigenvalue weighted by Crippen LogP contribution is 2.31. The lowest BCUT2D eigenvalue weighted by atomic mass is 10.1. The quantitative estimate of drug-likeness (QED) is 0.286. The van der Waals surface area contributed by atoms with Gasteiger partial charge in [-0.3, -0.25) is 4.79 Å². The fourth-order valence-corrected chi connectivity index (χ4v) is 4.71. The van der Waals surface area contributed by atoms with E-state index in [9.17, 15) is 4.79 Å². The van der Waals surface area contributed by atoms with E-state index in [1.807, 2.05) is 49.5 Å². The second-order valence-electron chi connectivity index (χ2n) is 8.42. The number of carbonyl (C=O) groups is 1. The number of carbonyl (C=O) groups excluding carboxylic acids is 1. The minimum Gasteiger partial charge on any atom is -0.496 e. The number of methoxy groups -OCH3 is 1. The van der Waals surface area contributed by atoms with Crippen molar-refractivity contribution in [2.75, 3.05) is 19.9 Å². The molecule has 0 radical (unpaired) electrons. The van der Waals surface area contributed by atoms with Gasteiger partial charge in [0.15, 0.2) is 11.0 Å². The molecular weight excluding hydrogens is 456 g/mol. The van der Waals surface area contributed by atoms with E-state index in [0.717, 1.165) is 34.3 Å². The molecule has 0 N–H and O–H groups in total. The van der Waals surface area contributed by atoms with Crippen LogP contribution in [0.15, 0.2) is 84.0 Å². The summed E-state index contributed by atoms with van der Waals surface area (Å²) >= 11 is 1.42. The van der Waals surface area contributed by atoms with Crippen LogP contribution in [0.5, 0.6) is 5.75 Å². The summed E-state index contributed by atoms with van der Waals surface area (Å²) in [5.74, 6) is 1.82. The van der Waals surface area contributed by atoms with Crippen LogP contribution in [-0.4, -0.2) is 45.5 Å². The van der Waals surface area contributed by atoms with Crippen molar-refractivity contribution in [3.8, 4) is 17.1 Å². The van der Waals surface area contributed by atoms with Gasteiger partial charge in [-0.25, -0.2) is 0 Å². The van der Waals surface area contributed by atoms with Crippen LogP contribution < -0.4 is 4.74 Å². The van der Waals surface area contributed by atoms with Gasteiger partial charge in [0.1, 0.15) is 5.75 Å². The maximum Gasteiger partial charge on any atom is 0.233 e.